The van der Waals surface area contributed by atoms with E-state index >= 15 is 0 Å². The maximum atomic E-state index is 5.86. The van der Waals surface area contributed by atoms with E-state index in [2.05, 4.69) is 27.7 Å². The first kappa shape index (κ1) is 11.0. The van der Waals surface area contributed by atoms with E-state index < -0.39 is 0 Å². The van der Waals surface area contributed by atoms with Crippen molar-refractivity contribution >= 4 is 11.0 Å². The molecular weight excluding hydrogens is 228 g/mol. The van der Waals surface area contributed by atoms with E-state index in [0.717, 1.165) is 29.0 Å². The van der Waals surface area contributed by atoms with E-state index in [-0.39, 0.29) is 6.04 Å². The minimum atomic E-state index is -0.0684. The Balaban J connectivity index is 2.04. The van der Waals surface area contributed by atoms with E-state index in [1.54, 1.807) is 6.20 Å². The number of nitrogens with one attached hydrogen (secondary N) is 2. The molecule has 0 amide bonds. The number of nitrogens with zero attached hydrogens (tertiary/aromatic N) is 2. The van der Waals surface area contributed by atoms with Gasteiger partial charge in [-0.1, -0.05) is 25.1 Å². The average Bonchev–Trinajstić information content (AvgIpc) is 3.04. The SMILES string of the molecule is CCNC(c1cn[nH]n1)c1cc2ccccc2o1. The topological polar surface area (TPSA) is 66.7 Å². The van der Waals surface area contributed by atoms with Crippen LogP contribution in [-0.4, -0.2) is 22.0 Å². The molecule has 5 nitrogen and oxygen atoms in total. The quantitative estimate of drug-likeness (QED) is 0.736. The van der Waals surface area contributed by atoms with Crippen molar-refractivity contribution in [3.63, 3.8) is 0 Å². The molecule has 0 saturated carbocycles. The van der Waals surface area contributed by atoms with Crippen molar-refractivity contribution in [3.8, 4) is 0 Å². The highest BCUT2D eigenvalue weighted by Crippen LogP contribution is 2.26. The number of H-pyrrole nitrogens is 1. The zero-order valence-electron chi connectivity index (χ0n) is 10.1. The molecule has 0 aliphatic carbocycles. The van der Waals surface area contributed by atoms with Crippen molar-refractivity contribution < 1.29 is 4.42 Å². The maximum Gasteiger partial charge on any atom is 0.134 e. The molecule has 2 heterocycles. The number of hydrogen-bond donors (Lipinski definition) is 2. The van der Waals surface area contributed by atoms with Gasteiger partial charge >= 0.3 is 0 Å². The molecule has 92 valence electrons. The monoisotopic (exact) mass is 242 g/mol. The third-order valence-electron chi connectivity index (χ3n) is 2.87. The Labute approximate surface area is 104 Å². The summed E-state index contributed by atoms with van der Waals surface area (Å²) in [5.41, 5.74) is 1.72. The van der Waals surface area contributed by atoms with Gasteiger partial charge in [0.05, 0.1) is 6.20 Å². The van der Waals surface area contributed by atoms with Crippen molar-refractivity contribution in [2.24, 2.45) is 0 Å². The van der Waals surface area contributed by atoms with Crippen LogP contribution in [0.4, 0.5) is 0 Å². The summed E-state index contributed by atoms with van der Waals surface area (Å²) in [5, 5.41) is 15.0. The predicted octanol–water partition coefficient (Wildman–Crippen LogP) is 2.25. The van der Waals surface area contributed by atoms with E-state index in [9.17, 15) is 0 Å². The largest absolute Gasteiger partial charge is 0.459 e. The van der Waals surface area contributed by atoms with Crippen LogP contribution < -0.4 is 5.32 Å². The standard InChI is InChI=1S/C13H14N4O/c1-2-14-13(10-8-15-17-16-10)12-7-9-5-3-4-6-11(9)18-12/h3-8,13-14H,2H2,1H3,(H,15,16,17). The van der Waals surface area contributed by atoms with Crippen LogP contribution in [0.2, 0.25) is 0 Å². The van der Waals surface area contributed by atoms with Gasteiger partial charge in [0, 0.05) is 5.39 Å². The Morgan fingerprint density at radius 2 is 2.28 bits per heavy atom. The molecule has 1 atom stereocenters. The van der Waals surface area contributed by atoms with Gasteiger partial charge < -0.3 is 9.73 Å². The van der Waals surface area contributed by atoms with Gasteiger partial charge in [0.2, 0.25) is 0 Å². The number of benzene rings is 1. The van der Waals surface area contributed by atoms with Crippen LogP contribution >= 0.6 is 0 Å². The average molecular weight is 242 g/mol. The molecule has 1 aromatic carbocycles. The van der Waals surface area contributed by atoms with Gasteiger partial charge in [0.1, 0.15) is 23.1 Å². The van der Waals surface area contributed by atoms with Crippen LogP contribution in [0.5, 0.6) is 0 Å². The van der Waals surface area contributed by atoms with Crippen molar-refractivity contribution in [3.05, 3.63) is 48.0 Å². The molecule has 0 fully saturated rings. The molecule has 0 aliphatic heterocycles. The van der Waals surface area contributed by atoms with Gasteiger partial charge in [-0.05, 0) is 18.7 Å². The predicted molar refractivity (Wildman–Crippen MR) is 68.1 cm³/mol. The first-order valence-electron chi connectivity index (χ1n) is 5.96. The number of para-hydroxylation sites is 1. The summed E-state index contributed by atoms with van der Waals surface area (Å²) < 4.78 is 5.86. The van der Waals surface area contributed by atoms with Crippen molar-refractivity contribution in [1.82, 2.24) is 20.7 Å². The van der Waals surface area contributed by atoms with E-state index in [1.165, 1.54) is 0 Å². The fraction of sp³-hybridized carbons (Fsp3) is 0.231. The fourth-order valence-electron chi connectivity index (χ4n) is 2.05. The third-order valence-corrected chi connectivity index (χ3v) is 2.87. The van der Waals surface area contributed by atoms with E-state index in [4.69, 9.17) is 4.42 Å². The van der Waals surface area contributed by atoms with Gasteiger partial charge in [-0.25, -0.2) is 0 Å². The number of fused-ring (bicyclic) bond motifs is 1. The lowest BCUT2D eigenvalue weighted by Crippen LogP contribution is -2.21. The second kappa shape index (κ2) is 4.62. The highest BCUT2D eigenvalue weighted by molar-refractivity contribution is 5.77. The highest BCUT2D eigenvalue weighted by atomic mass is 16.3. The number of rotatable bonds is 4. The summed E-state index contributed by atoms with van der Waals surface area (Å²) in [6, 6.07) is 9.94. The summed E-state index contributed by atoms with van der Waals surface area (Å²) in [6.45, 7) is 2.88. The zero-order valence-corrected chi connectivity index (χ0v) is 10.1. The fourth-order valence-corrected chi connectivity index (χ4v) is 2.05. The smallest absolute Gasteiger partial charge is 0.134 e. The second-order valence-electron chi connectivity index (χ2n) is 4.07. The highest BCUT2D eigenvalue weighted by Gasteiger charge is 2.19. The molecule has 5 heteroatoms. The normalized spacial score (nSPS) is 12.9. The minimum absolute atomic E-state index is 0.0684. The third kappa shape index (κ3) is 1.89. The summed E-state index contributed by atoms with van der Waals surface area (Å²) in [7, 11) is 0. The Morgan fingerprint density at radius 1 is 1.39 bits per heavy atom. The lowest BCUT2D eigenvalue weighted by Gasteiger charge is -2.11. The number of hydrogen-bond acceptors (Lipinski definition) is 4. The molecular formula is C13H14N4O. The minimum Gasteiger partial charge on any atom is -0.459 e. The number of aromatic amines is 1. The summed E-state index contributed by atoms with van der Waals surface area (Å²) in [4.78, 5) is 0. The molecule has 0 radical (unpaired) electrons. The molecule has 0 aliphatic rings. The maximum absolute atomic E-state index is 5.86. The van der Waals surface area contributed by atoms with Crippen LogP contribution in [-0.2, 0) is 0 Å². The van der Waals surface area contributed by atoms with Gasteiger partial charge in [0.25, 0.3) is 0 Å². The van der Waals surface area contributed by atoms with Crippen molar-refractivity contribution in [2.45, 2.75) is 13.0 Å². The molecule has 0 bridgehead atoms. The Hall–Kier alpha value is -2.14. The van der Waals surface area contributed by atoms with Gasteiger partial charge in [0.15, 0.2) is 0 Å². The zero-order chi connectivity index (χ0) is 12.4. The Morgan fingerprint density at radius 3 is 3.00 bits per heavy atom. The lowest BCUT2D eigenvalue weighted by molar-refractivity contribution is 0.471. The van der Waals surface area contributed by atoms with Crippen LogP contribution in [0, 0.1) is 0 Å². The van der Waals surface area contributed by atoms with Gasteiger partial charge in [-0.2, -0.15) is 15.4 Å². The van der Waals surface area contributed by atoms with Crippen LogP contribution in [0.15, 0.2) is 40.9 Å². The van der Waals surface area contributed by atoms with Crippen LogP contribution in [0.1, 0.15) is 24.4 Å². The molecule has 3 aromatic rings. The lowest BCUT2D eigenvalue weighted by atomic mass is 10.1. The van der Waals surface area contributed by atoms with Crippen LogP contribution in [0.25, 0.3) is 11.0 Å². The van der Waals surface area contributed by atoms with Crippen molar-refractivity contribution in [1.29, 1.82) is 0 Å². The van der Waals surface area contributed by atoms with Gasteiger partial charge in [-0.3, -0.25) is 0 Å². The second-order valence-corrected chi connectivity index (χ2v) is 4.07. The Bertz CT molecular complexity index is 596. The summed E-state index contributed by atoms with van der Waals surface area (Å²) in [5.74, 6) is 0.854. The van der Waals surface area contributed by atoms with E-state index in [0.29, 0.717) is 0 Å². The Kier molecular flexibility index (Phi) is 2.82. The molecule has 18 heavy (non-hydrogen) atoms. The summed E-state index contributed by atoms with van der Waals surface area (Å²) >= 11 is 0. The molecule has 0 spiro atoms. The first-order valence-corrected chi connectivity index (χ1v) is 5.96. The molecule has 2 N–H and O–H groups in total. The molecule has 3 rings (SSSR count). The van der Waals surface area contributed by atoms with Crippen LogP contribution in [0.3, 0.4) is 0 Å². The molecule has 2 aromatic heterocycles. The summed E-state index contributed by atoms with van der Waals surface area (Å²) in [6.07, 6.45) is 1.71. The van der Waals surface area contributed by atoms with E-state index in [1.807, 2.05) is 30.3 Å². The number of furan rings is 1. The van der Waals surface area contributed by atoms with Gasteiger partial charge in [-0.15, -0.1) is 0 Å². The molecule has 1 unspecified atom stereocenters. The first-order chi connectivity index (χ1) is 8.88. The number of aromatic nitrogens is 3. The molecule has 0 saturated heterocycles. The van der Waals surface area contributed by atoms with Crippen molar-refractivity contribution in [2.75, 3.05) is 6.54 Å².